The largest absolute Gasteiger partial charge is 0.483 e. The van der Waals surface area contributed by atoms with Crippen LogP contribution in [0.4, 0.5) is 5.82 Å². The van der Waals surface area contributed by atoms with Gasteiger partial charge >= 0.3 is 0 Å². The molecule has 0 bridgehead atoms. The normalized spacial score (nSPS) is 10.6. The summed E-state index contributed by atoms with van der Waals surface area (Å²) in [7, 11) is 0. The van der Waals surface area contributed by atoms with Crippen molar-refractivity contribution in [3.05, 3.63) is 75.4 Å². The number of amides is 1. The Hall–Kier alpha value is -2.31. The van der Waals surface area contributed by atoms with Gasteiger partial charge in [0.1, 0.15) is 11.6 Å². The maximum atomic E-state index is 12.2. The summed E-state index contributed by atoms with van der Waals surface area (Å²) in [6.45, 7) is 2.35. The van der Waals surface area contributed by atoms with Crippen molar-refractivity contribution in [1.82, 2.24) is 9.78 Å². The fourth-order valence-electron chi connectivity index (χ4n) is 2.40. The minimum atomic E-state index is -0.265. The van der Waals surface area contributed by atoms with Gasteiger partial charge in [0, 0.05) is 11.1 Å². The number of carbonyl (C=O) groups excluding carboxylic acids is 1. The van der Waals surface area contributed by atoms with E-state index in [0.29, 0.717) is 23.1 Å². The third kappa shape index (κ3) is 4.65. The van der Waals surface area contributed by atoms with Gasteiger partial charge in [0.05, 0.1) is 17.2 Å². The molecule has 2 aromatic carbocycles. The highest BCUT2D eigenvalue weighted by Crippen LogP contribution is 2.25. The van der Waals surface area contributed by atoms with Crippen LogP contribution in [0.5, 0.6) is 5.75 Å². The Kier molecular flexibility index (Phi) is 5.96. The molecule has 1 N–H and O–H groups in total. The quantitative estimate of drug-likeness (QED) is 0.613. The Morgan fingerprint density at radius 3 is 2.85 bits per heavy atom. The van der Waals surface area contributed by atoms with Gasteiger partial charge in [-0.1, -0.05) is 35.9 Å². The molecule has 0 aliphatic rings. The smallest absolute Gasteiger partial charge is 0.263 e. The number of hydrogen-bond donors (Lipinski definition) is 1. The molecule has 1 heterocycles. The number of aromatic nitrogens is 2. The van der Waals surface area contributed by atoms with E-state index < -0.39 is 0 Å². The van der Waals surface area contributed by atoms with E-state index >= 15 is 0 Å². The van der Waals surface area contributed by atoms with Crippen LogP contribution in [0.3, 0.4) is 0 Å². The first-order valence-electron chi connectivity index (χ1n) is 7.97. The van der Waals surface area contributed by atoms with Crippen molar-refractivity contribution in [3.63, 3.8) is 0 Å². The fraction of sp³-hybridized carbons (Fsp3) is 0.158. The average Bonchev–Trinajstić information content (AvgIpc) is 3.03. The van der Waals surface area contributed by atoms with Crippen LogP contribution in [0.1, 0.15) is 11.1 Å². The molecule has 3 rings (SSSR count). The number of halogens is 2. The van der Waals surface area contributed by atoms with Crippen molar-refractivity contribution < 1.29 is 9.53 Å². The predicted octanol–water partition coefficient (Wildman–Crippen LogP) is 4.67. The van der Waals surface area contributed by atoms with E-state index in [-0.39, 0.29) is 12.5 Å². The van der Waals surface area contributed by atoms with E-state index in [1.807, 2.05) is 49.4 Å². The Balaban J connectivity index is 1.62. The average molecular weight is 435 g/mol. The lowest BCUT2D eigenvalue weighted by Gasteiger charge is -2.11. The van der Waals surface area contributed by atoms with Gasteiger partial charge in [0.15, 0.2) is 6.61 Å². The molecule has 0 saturated heterocycles. The van der Waals surface area contributed by atoms with E-state index in [4.69, 9.17) is 16.3 Å². The second kappa shape index (κ2) is 8.38. The number of aryl methyl sites for hydroxylation is 1. The van der Waals surface area contributed by atoms with Crippen molar-refractivity contribution in [3.8, 4) is 5.75 Å². The summed E-state index contributed by atoms with van der Waals surface area (Å²) in [5.41, 5.74) is 2.03. The highest BCUT2D eigenvalue weighted by molar-refractivity contribution is 9.10. The van der Waals surface area contributed by atoms with Crippen LogP contribution in [0.25, 0.3) is 0 Å². The predicted molar refractivity (Wildman–Crippen MR) is 106 cm³/mol. The van der Waals surface area contributed by atoms with Crippen molar-refractivity contribution in [2.24, 2.45) is 0 Å². The highest BCUT2D eigenvalue weighted by Gasteiger charge is 2.11. The van der Waals surface area contributed by atoms with Gasteiger partial charge in [0.25, 0.3) is 5.91 Å². The van der Waals surface area contributed by atoms with Crippen molar-refractivity contribution in [2.45, 2.75) is 13.5 Å². The van der Waals surface area contributed by atoms with Crippen LogP contribution < -0.4 is 10.1 Å². The number of nitrogens with zero attached hydrogens (tertiary/aromatic N) is 2. The molecule has 0 aliphatic carbocycles. The van der Waals surface area contributed by atoms with Crippen molar-refractivity contribution in [2.75, 3.05) is 11.9 Å². The van der Waals surface area contributed by atoms with Gasteiger partial charge in [-0.25, -0.2) is 4.68 Å². The minimum absolute atomic E-state index is 0.0983. The Morgan fingerprint density at radius 2 is 2.08 bits per heavy atom. The Bertz CT molecular complexity index is 927. The maximum Gasteiger partial charge on any atom is 0.263 e. The number of hydrogen-bond acceptors (Lipinski definition) is 3. The van der Waals surface area contributed by atoms with E-state index in [1.165, 1.54) is 0 Å². The molecule has 26 heavy (non-hydrogen) atoms. The topological polar surface area (TPSA) is 56.1 Å². The SMILES string of the molecule is Cc1ccc(OCC(=O)Nc2ccnn2Cc2ccccc2Cl)c(Br)c1. The molecule has 5 nitrogen and oxygen atoms in total. The summed E-state index contributed by atoms with van der Waals surface area (Å²) in [6.07, 6.45) is 1.63. The van der Waals surface area contributed by atoms with Crippen LogP contribution in [0.2, 0.25) is 5.02 Å². The molecule has 7 heteroatoms. The first kappa shape index (κ1) is 18.5. The van der Waals surface area contributed by atoms with Gasteiger partial charge in [-0.15, -0.1) is 0 Å². The molecule has 1 amide bonds. The number of ether oxygens (including phenoxy) is 1. The molecule has 0 saturated carbocycles. The number of rotatable bonds is 6. The van der Waals surface area contributed by atoms with Gasteiger partial charge in [-0.3, -0.25) is 4.79 Å². The van der Waals surface area contributed by atoms with Gasteiger partial charge in [-0.05, 0) is 52.2 Å². The fourth-order valence-corrected chi connectivity index (χ4v) is 3.20. The first-order valence-corrected chi connectivity index (χ1v) is 9.14. The lowest BCUT2D eigenvalue weighted by atomic mass is 10.2. The zero-order valence-electron chi connectivity index (χ0n) is 14.1. The summed E-state index contributed by atoms with van der Waals surface area (Å²) in [4.78, 5) is 12.2. The molecule has 0 atom stereocenters. The molecule has 0 radical (unpaired) electrons. The molecule has 3 aromatic rings. The lowest BCUT2D eigenvalue weighted by Crippen LogP contribution is -2.22. The minimum Gasteiger partial charge on any atom is -0.483 e. The highest BCUT2D eigenvalue weighted by atomic mass is 79.9. The number of carbonyl (C=O) groups is 1. The summed E-state index contributed by atoms with van der Waals surface area (Å²) in [6, 6.07) is 15.0. The lowest BCUT2D eigenvalue weighted by molar-refractivity contribution is -0.118. The summed E-state index contributed by atoms with van der Waals surface area (Å²) < 4.78 is 8.07. The number of nitrogens with one attached hydrogen (secondary N) is 1. The third-order valence-electron chi connectivity index (χ3n) is 3.71. The van der Waals surface area contributed by atoms with E-state index in [0.717, 1.165) is 15.6 Å². The second-order valence-corrected chi connectivity index (χ2v) is 7.00. The zero-order valence-corrected chi connectivity index (χ0v) is 16.4. The maximum absolute atomic E-state index is 12.2. The third-order valence-corrected chi connectivity index (χ3v) is 4.70. The van der Waals surface area contributed by atoms with E-state index in [2.05, 4.69) is 26.3 Å². The molecular weight excluding hydrogens is 418 g/mol. The van der Waals surface area contributed by atoms with Crippen LogP contribution in [0.15, 0.2) is 59.2 Å². The molecule has 134 valence electrons. The second-order valence-electron chi connectivity index (χ2n) is 5.74. The summed E-state index contributed by atoms with van der Waals surface area (Å²) >= 11 is 9.62. The van der Waals surface area contributed by atoms with Crippen molar-refractivity contribution in [1.29, 1.82) is 0 Å². The first-order chi connectivity index (χ1) is 12.5. The van der Waals surface area contributed by atoms with Gasteiger partial charge in [0.2, 0.25) is 0 Å². The van der Waals surface area contributed by atoms with Crippen LogP contribution >= 0.6 is 27.5 Å². The van der Waals surface area contributed by atoms with Gasteiger partial charge in [-0.2, -0.15) is 5.10 Å². The van der Waals surface area contributed by atoms with Crippen LogP contribution in [-0.4, -0.2) is 22.3 Å². The van der Waals surface area contributed by atoms with E-state index in [9.17, 15) is 4.79 Å². The molecule has 0 aliphatic heterocycles. The molecule has 0 fully saturated rings. The summed E-state index contributed by atoms with van der Waals surface area (Å²) in [5, 5.41) is 7.71. The monoisotopic (exact) mass is 433 g/mol. The van der Waals surface area contributed by atoms with Gasteiger partial charge < -0.3 is 10.1 Å². The molecular formula is C19H17BrClN3O2. The standard InChI is InChI=1S/C19H17BrClN3O2/c1-13-6-7-17(15(20)10-13)26-12-19(25)23-18-8-9-22-24(18)11-14-4-2-3-5-16(14)21/h2-10H,11-12H2,1H3,(H,23,25). The Morgan fingerprint density at radius 1 is 1.27 bits per heavy atom. The zero-order chi connectivity index (χ0) is 18.5. The molecule has 1 aromatic heterocycles. The number of benzene rings is 2. The van der Waals surface area contributed by atoms with Crippen molar-refractivity contribution >= 4 is 39.3 Å². The van der Waals surface area contributed by atoms with Crippen LogP contribution in [-0.2, 0) is 11.3 Å². The van der Waals surface area contributed by atoms with E-state index in [1.54, 1.807) is 16.9 Å². The molecule has 0 spiro atoms. The summed E-state index contributed by atoms with van der Waals surface area (Å²) in [5.74, 6) is 0.940. The number of anilines is 1. The Labute approximate surface area is 165 Å². The van der Waals surface area contributed by atoms with Crippen LogP contribution in [0, 0.1) is 6.92 Å². The molecule has 0 unspecified atom stereocenters.